The fourth-order valence-electron chi connectivity index (χ4n) is 2.18. The van der Waals surface area contributed by atoms with Crippen LogP contribution in [0.2, 0.25) is 0 Å². The zero-order chi connectivity index (χ0) is 10.7. The summed E-state index contributed by atoms with van der Waals surface area (Å²) >= 11 is 0. The van der Waals surface area contributed by atoms with Gasteiger partial charge in [-0.1, -0.05) is 34.1 Å². The van der Waals surface area contributed by atoms with Crippen molar-refractivity contribution in [1.29, 1.82) is 0 Å². The van der Waals surface area contributed by atoms with Crippen molar-refractivity contribution < 1.29 is 0 Å². The highest BCUT2D eigenvalue weighted by Crippen LogP contribution is 2.22. The molecule has 2 nitrogen and oxygen atoms in total. The molecule has 1 fully saturated rings. The highest BCUT2D eigenvalue weighted by molar-refractivity contribution is 4.82. The Labute approximate surface area is 88.8 Å². The first-order valence-electron chi connectivity index (χ1n) is 6.02. The molecule has 0 aromatic rings. The molecule has 1 aliphatic heterocycles. The number of nitrogens with zero attached hydrogens (tertiary/aromatic N) is 1. The summed E-state index contributed by atoms with van der Waals surface area (Å²) in [6, 6.07) is 0.359. The summed E-state index contributed by atoms with van der Waals surface area (Å²) in [6.45, 7) is 12.7. The third kappa shape index (κ3) is 2.96. The SMILES string of the molecule is CCC(C)C(N)CN1CC(C)C(C)C1. The van der Waals surface area contributed by atoms with Crippen LogP contribution in [-0.4, -0.2) is 30.6 Å². The van der Waals surface area contributed by atoms with E-state index in [-0.39, 0.29) is 0 Å². The quantitative estimate of drug-likeness (QED) is 0.748. The molecule has 1 saturated heterocycles. The van der Waals surface area contributed by atoms with E-state index in [0.29, 0.717) is 12.0 Å². The molecule has 0 aliphatic carbocycles. The molecule has 0 radical (unpaired) electrons. The van der Waals surface area contributed by atoms with Crippen LogP contribution >= 0.6 is 0 Å². The second-order valence-electron chi connectivity index (χ2n) is 5.22. The van der Waals surface area contributed by atoms with Gasteiger partial charge < -0.3 is 10.6 Å². The van der Waals surface area contributed by atoms with Crippen LogP contribution in [0.15, 0.2) is 0 Å². The van der Waals surface area contributed by atoms with Gasteiger partial charge in [0, 0.05) is 25.7 Å². The number of nitrogens with two attached hydrogens (primary N) is 1. The molecule has 84 valence electrons. The van der Waals surface area contributed by atoms with Gasteiger partial charge in [-0.15, -0.1) is 0 Å². The number of rotatable bonds is 4. The smallest absolute Gasteiger partial charge is 0.0193 e. The van der Waals surface area contributed by atoms with E-state index < -0.39 is 0 Å². The van der Waals surface area contributed by atoms with Crippen molar-refractivity contribution in [2.75, 3.05) is 19.6 Å². The molecule has 4 atom stereocenters. The van der Waals surface area contributed by atoms with Gasteiger partial charge in [-0.05, 0) is 17.8 Å². The van der Waals surface area contributed by atoms with Crippen LogP contribution in [0.3, 0.4) is 0 Å². The maximum absolute atomic E-state index is 6.16. The van der Waals surface area contributed by atoms with Crippen LogP contribution in [0, 0.1) is 17.8 Å². The maximum atomic E-state index is 6.16. The summed E-state index contributed by atoms with van der Waals surface area (Å²) in [5, 5.41) is 0. The molecule has 1 rings (SSSR count). The highest BCUT2D eigenvalue weighted by Gasteiger charge is 2.27. The fraction of sp³-hybridized carbons (Fsp3) is 1.00. The van der Waals surface area contributed by atoms with E-state index in [0.717, 1.165) is 18.4 Å². The zero-order valence-electron chi connectivity index (χ0n) is 10.2. The summed E-state index contributed by atoms with van der Waals surface area (Å²) in [5.74, 6) is 2.35. The van der Waals surface area contributed by atoms with E-state index in [4.69, 9.17) is 5.73 Å². The van der Waals surface area contributed by atoms with Gasteiger partial charge in [-0.25, -0.2) is 0 Å². The Kier molecular flexibility index (Phi) is 4.39. The Morgan fingerprint density at radius 3 is 2.21 bits per heavy atom. The van der Waals surface area contributed by atoms with Crippen LogP contribution in [0.5, 0.6) is 0 Å². The molecule has 0 bridgehead atoms. The van der Waals surface area contributed by atoms with Gasteiger partial charge in [0.2, 0.25) is 0 Å². The first-order valence-corrected chi connectivity index (χ1v) is 6.02. The van der Waals surface area contributed by atoms with Gasteiger partial charge >= 0.3 is 0 Å². The highest BCUT2D eigenvalue weighted by atomic mass is 15.2. The first kappa shape index (κ1) is 12.0. The Morgan fingerprint density at radius 1 is 1.29 bits per heavy atom. The van der Waals surface area contributed by atoms with Crippen molar-refractivity contribution >= 4 is 0 Å². The van der Waals surface area contributed by atoms with E-state index in [9.17, 15) is 0 Å². The lowest BCUT2D eigenvalue weighted by Crippen LogP contribution is -2.40. The number of hydrogen-bond donors (Lipinski definition) is 1. The molecule has 14 heavy (non-hydrogen) atoms. The molecule has 0 aromatic heterocycles. The summed E-state index contributed by atoms with van der Waals surface area (Å²) < 4.78 is 0. The Balaban J connectivity index is 2.31. The average Bonchev–Trinajstić information content (AvgIpc) is 2.44. The van der Waals surface area contributed by atoms with Crippen molar-refractivity contribution in [3.63, 3.8) is 0 Å². The average molecular weight is 198 g/mol. The minimum atomic E-state index is 0.359. The molecule has 2 heteroatoms. The van der Waals surface area contributed by atoms with E-state index >= 15 is 0 Å². The predicted octanol–water partition coefficient (Wildman–Crippen LogP) is 1.95. The fourth-order valence-corrected chi connectivity index (χ4v) is 2.18. The molecule has 1 heterocycles. The van der Waals surface area contributed by atoms with Crippen LogP contribution in [0.1, 0.15) is 34.1 Å². The van der Waals surface area contributed by atoms with E-state index in [1.54, 1.807) is 0 Å². The summed E-state index contributed by atoms with van der Waals surface area (Å²) in [4.78, 5) is 2.53. The van der Waals surface area contributed by atoms with Crippen molar-refractivity contribution in [1.82, 2.24) is 4.90 Å². The molecule has 0 aromatic carbocycles. The van der Waals surface area contributed by atoms with E-state index in [1.165, 1.54) is 19.5 Å². The first-order chi connectivity index (χ1) is 6.54. The van der Waals surface area contributed by atoms with Crippen LogP contribution < -0.4 is 5.73 Å². The monoisotopic (exact) mass is 198 g/mol. The topological polar surface area (TPSA) is 29.3 Å². The standard InChI is InChI=1S/C12H26N2/c1-5-9(2)12(13)8-14-6-10(3)11(4)7-14/h9-12H,5-8,13H2,1-4H3. The number of hydrogen-bond acceptors (Lipinski definition) is 2. The third-order valence-electron chi connectivity index (χ3n) is 3.91. The summed E-state index contributed by atoms with van der Waals surface area (Å²) in [6.07, 6.45) is 1.19. The molecule has 2 N–H and O–H groups in total. The maximum Gasteiger partial charge on any atom is 0.0193 e. The van der Waals surface area contributed by atoms with Crippen molar-refractivity contribution in [2.24, 2.45) is 23.5 Å². The molecular weight excluding hydrogens is 172 g/mol. The zero-order valence-corrected chi connectivity index (χ0v) is 10.2. The lowest BCUT2D eigenvalue weighted by molar-refractivity contribution is 0.266. The molecule has 4 unspecified atom stereocenters. The van der Waals surface area contributed by atoms with Crippen LogP contribution in [-0.2, 0) is 0 Å². The minimum absolute atomic E-state index is 0.359. The van der Waals surface area contributed by atoms with Crippen molar-refractivity contribution in [3.05, 3.63) is 0 Å². The molecule has 1 aliphatic rings. The number of likely N-dealkylation sites (tertiary alicyclic amines) is 1. The second kappa shape index (κ2) is 5.13. The molecule has 0 amide bonds. The van der Waals surface area contributed by atoms with Gasteiger partial charge in [-0.3, -0.25) is 0 Å². The van der Waals surface area contributed by atoms with Gasteiger partial charge in [0.15, 0.2) is 0 Å². The lowest BCUT2D eigenvalue weighted by atomic mass is 10.00. The predicted molar refractivity (Wildman–Crippen MR) is 62.2 cm³/mol. The largest absolute Gasteiger partial charge is 0.326 e. The van der Waals surface area contributed by atoms with Crippen LogP contribution in [0.25, 0.3) is 0 Å². The molecule has 0 spiro atoms. The van der Waals surface area contributed by atoms with Crippen molar-refractivity contribution in [3.8, 4) is 0 Å². The Hall–Kier alpha value is -0.0800. The lowest BCUT2D eigenvalue weighted by Gasteiger charge is -2.24. The second-order valence-corrected chi connectivity index (χ2v) is 5.22. The van der Waals surface area contributed by atoms with Gasteiger partial charge in [0.05, 0.1) is 0 Å². The molecular formula is C12H26N2. The van der Waals surface area contributed by atoms with Gasteiger partial charge in [0.1, 0.15) is 0 Å². The van der Waals surface area contributed by atoms with Crippen LogP contribution in [0.4, 0.5) is 0 Å². The summed E-state index contributed by atoms with van der Waals surface area (Å²) in [7, 11) is 0. The van der Waals surface area contributed by atoms with Gasteiger partial charge in [0.25, 0.3) is 0 Å². The molecule has 0 saturated carbocycles. The van der Waals surface area contributed by atoms with E-state index in [2.05, 4.69) is 32.6 Å². The Morgan fingerprint density at radius 2 is 1.79 bits per heavy atom. The van der Waals surface area contributed by atoms with Gasteiger partial charge in [-0.2, -0.15) is 0 Å². The minimum Gasteiger partial charge on any atom is -0.326 e. The van der Waals surface area contributed by atoms with E-state index in [1.807, 2.05) is 0 Å². The third-order valence-corrected chi connectivity index (χ3v) is 3.91. The Bertz CT molecular complexity index is 160. The van der Waals surface area contributed by atoms with Crippen molar-refractivity contribution in [2.45, 2.75) is 40.2 Å². The normalized spacial score (nSPS) is 33.2. The summed E-state index contributed by atoms with van der Waals surface area (Å²) in [5.41, 5.74) is 6.16.